The van der Waals surface area contributed by atoms with Crippen molar-refractivity contribution < 1.29 is 38.3 Å². The molecule has 10 heterocycles. The van der Waals surface area contributed by atoms with E-state index in [1.807, 2.05) is 189 Å². The van der Waals surface area contributed by atoms with Gasteiger partial charge in [0.15, 0.2) is 0 Å². The molecule has 19 N–H and O–H groups in total. The molecule has 111 heavy (non-hydrogen) atoms. The Bertz CT molecular complexity index is 5190. The Morgan fingerprint density at radius 1 is 0.387 bits per heavy atom. The third-order valence-corrected chi connectivity index (χ3v) is 19.3. The quantitative estimate of drug-likeness (QED) is 0.0177. The molecular formula is C83H106N20O8. The number of hydrogen-bond acceptors (Lipinski definition) is 19. The third kappa shape index (κ3) is 20.9. The Balaban J connectivity index is 0.000000132. The van der Waals surface area contributed by atoms with Crippen LogP contribution >= 0.6 is 0 Å². The first kappa shape index (κ1) is 79.7. The number of likely N-dealkylation sites (N-methyl/N-ethyl adjacent to an activating group) is 1. The van der Waals surface area contributed by atoms with Crippen LogP contribution in [0, 0.1) is 27.7 Å². The number of nitrogens with zero attached hydrogens (tertiary/aromatic N) is 8. The van der Waals surface area contributed by atoms with Gasteiger partial charge in [0.2, 0.25) is 0 Å². The molecule has 1 aliphatic heterocycles. The monoisotopic (exact) mass is 1510 g/mol. The number of methoxy groups -OCH3 is 1. The number of piperazine rings is 1. The number of anilines is 6. The fraction of sp³-hybridized carbons (Fsp3) is 0.301. The summed E-state index contributed by atoms with van der Waals surface area (Å²) in [6, 6.07) is 34.6. The van der Waals surface area contributed by atoms with E-state index in [9.17, 15) is 0 Å². The predicted octanol–water partition coefficient (Wildman–Crippen LogP) is 12.1. The van der Waals surface area contributed by atoms with Crippen LogP contribution in [0.4, 0.5) is 34.1 Å². The van der Waals surface area contributed by atoms with Crippen molar-refractivity contribution in [3.8, 4) is 34.5 Å². The standard InChI is InChI=1S/C16H24N4O2.C16H19N3O.C15H18N4O.C13H14N4O.C12H17N3O.C11H14N2O2/c17-14-1-2-15(16-13(14)3-4-18-16)22-12-10-20-7-5-19(6-8-20)9-11-21;1-11-12(2)18-16-14(6-5-13(17)15(11)16)20-10-9-19-7-3-4-8-19;1-10-11(2)18-15-13(4-3-12(16)14(10)15)20-8-7-19-6-5-17-9-19;14-11-1-2-12(13-10(11)3-4-16-13)18-8-7-17-6-5-15-9-17;1-15(2)7-8-16-11-4-3-10(13)9-5-6-14-12(9)11;1-14-6-7-15-10-3-2-9(12)8-4-5-13-11(8)10/h1-4,18,21H,5-12,17H2;3-8,18H,9-10,17H2,1-2H3;3-6,9,18H,7-8,16H2,1-2H3;1-6,9,16H,7-8,14H2;3-6,14H,7-8,13H2,1-2H3;2-5,13H,6-7,12H2,1H3. The minimum absolute atomic E-state index is 0.242. The van der Waals surface area contributed by atoms with Crippen LogP contribution in [0.3, 0.4) is 0 Å². The van der Waals surface area contributed by atoms with Crippen LogP contribution in [-0.4, -0.2) is 193 Å². The maximum atomic E-state index is 8.95. The molecule has 16 rings (SSSR count). The summed E-state index contributed by atoms with van der Waals surface area (Å²) in [4.78, 5) is 34.1. The van der Waals surface area contributed by atoms with Crippen LogP contribution in [-0.2, 0) is 24.4 Å². The van der Waals surface area contributed by atoms with Gasteiger partial charge in [-0.05, 0) is 162 Å². The van der Waals surface area contributed by atoms with Crippen molar-refractivity contribution in [3.05, 3.63) is 206 Å². The maximum Gasteiger partial charge on any atom is 0.143 e. The molecule has 586 valence electrons. The summed E-state index contributed by atoms with van der Waals surface area (Å²) in [5, 5.41) is 15.1. The number of β-amino-alcohol motifs (C(OH)–C–C–N with tert-alkyl or cyclic N) is 1. The maximum absolute atomic E-state index is 8.95. The Kier molecular flexibility index (Phi) is 28.1. The van der Waals surface area contributed by atoms with Gasteiger partial charge in [0.05, 0.1) is 78.6 Å². The second-order valence-corrected chi connectivity index (χ2v) is 27.0. The van der Waals surface area contributed by atoms with Crippen LogP contribution in [0.1, 0.15) is 22.5 Å². The molecule has 0 spiro atoms. The van der Waals surface area contributed by atoms with Crippen LogP contribution in [0.25, 0.3) is 65.4 Å². The van der Waals surface area contributed by atoms with Gasteiger partial charge in [0.1, 0.15) is 74.1 Å². The average Bonchev–Trinajstić information content (AvgIpc) is 1.65. The molecule has 28 heteroatoms. The van der Waals surface area contributed by atoms with Crippen LogP contribution in [0.2, 0.25) is 0 Å². The van der Waals surface area contributed by atoms with Crippen molar-refractivity contribution in [1.29, 1.82) is 0 Å². The molecule has 15 aromatic rings. The van der Waals surface area contributed by atoms with E-state index in [0.717, 1.165) is 211 Å². The number of H-pyrrole nitrogens is 6. The molecule has 1 aliphatic rings. The van der Waals surface area contributed by atoms with Crippen molar-refractivity contribution in [1.82, 2.24) is 68.3 Å². The highest BCUT2D eigenvalue weighted by Crippen LogP contribution is 2.37. The number of rotatable bonds is 26. The molecule has 28 nitrogen and oxygen atoms in total. The van der Waals surface area contributed by atoms with Crippen molar-refractivity contribution in [2.24, 2.45) is 0 Å². The van der Waals surface area contributed by atoms with Crippen LogP contribution in [0.5, 0.6) is 34.5 Å². The average molecular weight is 1510 g/mol. The molecule has 0 bridgehead atoms. The van der Waals surface area contributed by atoms with Gasteiger partial charge in [-0.3, -0.25) is 9.80 Å². The topological polar surface area (TPSA) is 386 Å². The van der Waals surface area contributed by atoms with Crippen molar-refractivity contribution >= 4 is 99.5 Å². The molecule has 0 aliphatic carbocycles. The number of aromatic nitrogens is 11. The number of nitrogen functional groups attached to an aromatic ring is 6. The SMILES string of the molecule is CN(C)CCOc1ccc(N)c2cc[nH]c12.COCCOc1ccc(N)c2cc[nH]c12.Cc1[nH]c2c(OCCn3cccc3)ccc(N)c2c1C.Cc1[nH]c2c(OCCn3ccnc3)ccc(N)c2c1C.Nc1ccc(OCCN2CCN(CCO)CC2)c2[nH]ccc12.Nc1ccc(OCCn2ccnc2)c2[nH]ccc12. The van der Waals surface area contributed by atoms with Crippen molar-refractivity contribution in [2.45, 2.75) is 47.3 Å². The summed E-state index contributed by atoms with van der Waals surface area (Å²) >= 11 is 0. The first-order valence-corrected chi connectivity index (χ1v) is 37.1. The van der Waals surface area contributed by atoms with E-state index in [1.54, 1.807) is 32.2 Å². The first-order valence-electron chi connectivity index (χ1n) is 37.1. The molecule has 1 saturated heterocycles. The van der Waals surface area contributed by atoms with Gasteiger partial charge >= 0.3 is 0 Å². The minimum atomic E-state index is 0.242. The first-order chi connectivity index (χ1) is 54.0. The molecular weight excluding hydrogens is 1410 g/mol. The number of fused-ring (bicyclic) bond motifs is 6. The Labute approximate surface area is 645 Å². The highest BCUT2D eigenvalue weighted by Gasteiger charge is 2.19. The van der Waals surface area contributed by atoms with E-state index >= 15 is 0 Å². The molecule has 6 aromatic carbocycles. The number of benzene rings is 6. The van der Waals surface area contributed by atoms with Gasteiger partial charge in [-0.25, -0.2) is 9.97 Å². The molecule has 0 unspecified atom stereocenters. The number of imidazole rings is 2. The number of nitrogens with two attached hydrogens (primary N) is 6. The fourth-order valence-corrected chi connectivity index (χ4v) is 12.9. The lowest BCUT2D eigenvalue weighted by Crippen LogP contribution is -2.48. The zero-order valence-electron chi connectivity index (χ0n) is 64.4. The Morgan fingerprint density at radius 2 is 0.721 bits per heavy atom. The van der Waals surface area contributed by atoms with E-state index in [2.05, 4.69) is 79.9 Å². The molecule has 1 fully saturated rings. The van der Waals surface area contributed by atoms with Gasteiger partial charge in [-0.15, -0.1) is 0 Å². The number of hydrogen-bond donors (Lipinski definition) is 13. The lowest BCUT2D eigenvalue weighted by molar-refractivity contribution is 0.102. The zero-order chi connectivity index (χ0) is 78.2. The number of aliphatic hydroxyl groups excluding tert-OH is 1. The summed E-state index contributed by atoms with van der Waals surface area (Å²) < 4.78 is 45.7. The van der Waals surface area contributed by atoms with E-state index in [-0.39, 0.29) is 6.61 Å². The molecule has 9 aromatic heterocycles. The number of nitrogens with one attached hydrogen (secondary N) is 6. The minimum Gasteiger partial charge on any atom is -0.490 e. The second-order valence-electron chi connectivity index (χ2n) is 27.0. The highest BCUT2D eigenvalue weighted by atomic mass is 16.5. The lowest BCUT2D eigenvalue weighted by atomic mass is 10.1. The van der Waals surface area contributed by atoms with Gasteiger partial charge in [0.25, 0.3) is 0 Å². The normalized spacial score (nSPS) is 12.2. The van der Waals surface area contributed by atoms with Crippen LogP contribution in [0.15, 0.2) is 184 Å². The molecule has 0 amide bonds. The summed E-state index contributed by atoms with van der Waals surface area (Å²) in [5.41, 5.74) is 50.7. The lowest BCUT2D eigenvalue weighted by Gasteiger charge is -2.34. The summed E-state index contributed by atoms with van der Waals surface area (Å²) in [6.45, 7) is 21.8. The molecule has 0 atom stereocenters. The smallest absolute Gasteiger partial charge is 0.143 e. The van der Waals surface area contributed by atoms with Gasteiger partial charge in [0, 0.05) is 193 Å². The van der Waals surface area contributed by atoms with Gasteiger partial charge in [-0.1, -0.05) is 0 Å². The molecule has 0 saturated carbocycles. The van der Waals surface area contributed by atoms with E-state index < -0.39 is 0 Å². The third-order valence-electron chi connectivity index (χ3n) is 19.3. The number of aromatic amines is 6. The summed E-state index contributed by atoms with van der Waals surface area (Å²) in [7, 11) is 5.70. The Morgan fingerprint density at radius 3 is 1.07 bits per heavy atom. The summed E-state index contributed by atoms with van der Waals surface area (Å²) in [6.07, 6.45) is 22.5. The number of aliphatic hydroxyl groups is 1. The zero-order valence-corrected chi connectivity index (χ0v) is 64.4. The van der Waals surface area contributed by atoms with Crippen LogP contribution < -0.4 is 62.8 Å². The highest BCUT2D eigenvalue weighted by molar-refractivity contribution is 6.00. The second kappa shape index (κ2) is 39.2. The van der Waals surface area contributed by atoms with E-state index in [4.69, 9.17) is 72.7 Å². The van der Waals surface area contributed by atoms with Crippen molar-refractivity contribution in [2.75, 3.05) is 154 Å². The van der Waals surface area contributed by atoms with Crippen molar-refractivity contribution in [3.63, 3.8) is 0 Å². The number of aryl methyl sites for hydroxylation is 4. The molecule has 0 radical (unpaired) electrons. The summed E-state index contributed by atoms with van der Waals surface area (Å²) in [5.74, 6) is 5.04. The van der Waals surface area contributed by atoms with E-state index in [1.165, 1.54) is 11.1 Å². The fourth-order valence-electron chi connectivity index (χ4n) is 12.9. The van der Waals surface area contributed by atoms with E-state index in [0.29, 0.717) is 46.2 Å². The Hall–Kier alpha value is -12.3. The van der Waals surface area contributed by atoms with Gasteiger partial charge in [-0.2, -0.15) is 0 Å². The largest absolute Gasteiger partial charge is 0.490 e. The predicted molar refractivity (Wildman–Crippen MR) is 447 cm³/mol. The number of ether oxygens (including phenoxy) is 7. The van der Waals surface area contributed by atoms with Gasteiger partial charge < -0.3 is 121 Å².